The molecule has 12 heteroatoms. The Balaban J connectivity index is 1.39. The summed E-state index contributed by atoms with van der Waals surface area (Å²) in [7, 11) is -3.65. The minimum absolute atomic E-state index is 0.0327. The van der Waals surface area contributed by atoms with Gasteiger partial charge in [0.15, 0.2) is 0 Å². The first kappa shape index (κ1) is 27.8. The molecule has 1 atom stereocenters. The Morgan fingerprint density at radius 2 is 1.72 bits per heavy atom. The Morgan fingerprint density at radius 1 is 1.00 bits per heavy atom. The molecule has 3 amide bonds. The van der Waals surface area contributed by atoms with Crippen LogP contribution in [0.2, 0.25) is 0 Å². The lowest BCUT2D eigenvalue weighted by Gasteiger charge is -2.32. The van der Waals surface area contributed by atoms with Gasteiger partial charge in [0.2, 0.25) is 15.9 Å². The number of benzene rings is 1. The van der Waals surface area contributed by atoms with Crippen LogP contribution in [0.3, 0.4) is 0 Å². The van der Waals surface area contributed by atoms with Gasteiger partial charge in [0.25, 0.3) is 11.8 Å². The fraction of sp³-hybridized carbons (Fsp3) is 0.519. The van der Waals surface area contributed by atoms with E-state index in [0.717, 1.165) is 29.7 Å². The molecule has 0 bridgehead atoms. The maximum Gasteiger partial charge on any atom is 0.257 e. The number of carbonyl (C=O) groups excluding carboxylic acids is 3. The number of sulfonamides is 1. The van der Waals surface area contributed by atoms with Crippen molar-refractivity contribution in [2.45, 2.75) is 57.0 Å². The third-order valence-electron chi connectivity index (χ3n) is 7.71. The van der Waals surface area contributed by atoms with E-state index in [4.69, 9.17) is 4.74 Å². The maximum atomic E-state index is 13.6. The third kappa shape index (κ3) is 5.60. The predicted molar refractivity (Wildman–Crippen MR) is 147 cm³/mol. The van der Waals surface area contributed by atoms with Gasteiger partial charge in [-0.25, -0.2) is 8.42 Å². The van der Waals surface area contributed by atoms with Gasteiger partial charge < -0.3 is 19.9 Å². The minimum atomic E-state index is -3.65. The van der Waals surface area contributed by atoms with Crippen molar-refractivity contribution in [3.63, 3.8) is 0 Å². The van der Waals surface area contributed by atoms with Gasteiger partial charge in [-0.15, -0.1) is 11.3 Å². The Kier molecular flexibility index (Phi) is 8.08. The molecule has 1 aromatic carbocycles. The molecule has 1 unspecified atom stereocenters. The first-order chi connectivity index (χ1) is 18.7. The van der Waals surface area contributed by atoms with Gasteiger partial charge in [-0.2, -0.15) is 4.31 Å². The second-order valence-corrected chi connectivity index (χ2v) is 13.2. The zero-order valence-corrected chi connectivity index (χ0v) is 23.9. The summed E-state index contributed by atoms with van der Waals surface area (Å²) in [6, 6.07) is 5.89. The molecule has 2 saturated heterocycles. The largest absolute Gasteiger partial charge is 0.378 e. The van der Waals surface area contributed by atoms with Crippen LogP contribution in [-0.2, 0) is 32.5 Å². The van der Waals surface area contributed by atoms with E-state index in [9.17, 15) is 22.8 Å². The van der Waals surface area contributed by atoms with Crippen LogP contribution < -0.4 is 5.32 Å². The summed E-state index contributed by atoms with van der Waals surface area (Å²) in [5, 5.41) is 3.36. The monoisotopic (exact) mass is 574 g/mol. The number of thiophene rings is 1. The van der Waals surface area contributed by atoms with E-state index in [1.54, 1.807) is 9.80 Å². The number of ether oxygens (including phenoxy) is 1. The van der Waals surface area contributed by atoms with Crippen LogP contribution in [0.1, 0.15) is 64.3 Å². The molecule has 4 heterocycles. The van der Waals surface area contributed by atoms with Gasteiger partial charge in [-0.3, -0.25) is 14.4 Å². The van der Waals surface area contributed by atoms with Gasteiger partial charge in [0.05, 0.1) is 30.2 Å². The van der Waals surface area contributed by atoms with Crippen molar-refractivity contribution in [2.24, 2.45) is 0 Å². The van der Waals surface area contributed by atoms with E-state index in [1.165, 1.54) is 46.8 Å². The molecule has 39 heavy (non-hydrogen) atoms. The lowest BCUT2D eigenvalue weighted by molar-refractivity contribution is -0.129. The second kappa shape index (κ2) is 11.4. The average molecular weight is 575 g/mol. The van der Waals surface area contributed by atoms with Crippen LogP contribution >= 0.6 is 11.3 Å². The molecule has 0 aliphatic carbocycles. The average Bonchev–Trinajstić information content (AvgIpc) is 3.30. The number of anilines is 1. The van der Waals surface area contributed by atoms with Crippen molar-refractivity contribution in [1.82, 2.24) is 14.1 Å². The lowest BCUT2D eigenvalue weighted by Crippen LogP contribution is -2.41. The summed E-state index contributed by atoms with van der Waals surface area (Å²) in [6.07, 6.45) is 3.22. The minimum Gasteiger partial charge on any atom is -0.378 e. The van der Waals surface area contributed by atoms with Crippen LogP contribution in [0.4, 0.5) is 5.00 Å². The molecule has 0 saturated carbocycles. The van der Waals surface area contributed by atoms with Gasteiger partial charge in [-0.1, -0.05) is 6.42 Å². The summed E-state index contributed by atoms with van der Waals surface area (Å²) in [5.41, 5.74) is 1.65. The Labute approximate surface area is 233 Å². The van der Waals surface area contributed by atoms with E-state index >= 15 is 0 Å². The fourth-order valence-electron chi connectivity index (χ4n) is 5.43. The number of morpholine rings is 1. The van der Waals surface area contributed by atoms with Crippen LogP contribution in [0.25, 0.3) is 0 Å². The van der Waals surface area contributed by atoms with Crippen molar-refractivity contribution in [3.8, 4) is 0 Å². The number of rotatable bonds is 5. The number of nitrogens with zero attached hydrogens (tertiary/aromatic N) is 3. The summed E-state index contributed by atoms with van der Waals surface area (Å²) in [4.78, 5) is 43.4. The molecule has 3 aliphatic heterocycles. The van der Waals surface area contributed by atoms with Gasteiger partial charge in [-0.05, 0) is 56.0 Å². The molecule has 10 nitrogen and oxygen atoms in total. The highest BCUT2D eigenvalue weighted by atomic mass is 32.2. The summed E-state index contributed by atoms with van der Waals surface area (Å²) in [5.74, 6) is -0.613. The highest BCUT2D eigenvalue weighted by Gasteiger charge is 2.33. The molecular formula is C27H34N4O6S2. The molecular weight excluding hydrogens is 540 g/mol. The highest BCUT2D eigenvalue weighted by Crippen LogP contribution is 2.38. The summed E-state index contributed by atoms with van der Waals surface area (Å²) in [6.45, 7) is 6.73. The smallest absolute Gasteiger partial charge is 0.257 e. The van der Waals surface area contributed by atoms with Crippen molar-refractivity contribution in [1.29, 1.82) is 0 Å². The van der Waals surface area contributed by atoms with Crippen molar-refractivity contribution in [3.05, 3.63) is 45.8 Å². The van der Waals surface area contributed by atoms with Gasteiger partial charge in [0, 0.05) is 49.6 Å². The third-order valence-corrected chi connectivity index (χ3v) is 10.9. The number of hydrogen-bond acceptors (Lipinski definition) is 7. The van der Waals surface area contributed by atoms with E-state index in [0.29, 0.717) is 68.5 Å². The lowest BCUT2D eigenvalue weighted by atomic mass is 10.0. The van der Waals surface area contributed by atoms with E-state index in [-0.39, 0.29) is 22.8 Å². The van der Waals surface area contributed by atoms with Crippen molar-refractivity contribution < 1.29 is 27.5 Å². The van der Waals surface area contributed by atoms with Gasteiger partial charge >= 0.3 is 0 Å². The number of hydrogen-bond donors (Lipinski definition) is 1. The topological polar surface area (TPSA) is 116 Å². The molecule has 5 rings (SSSR count). The number of piperidine rings is 1. The Bertz CT molecular complexity index is 1370. The molecule has 210 valence electrons. The molecule has 2 fully saturated rings. The number of amides is 3. The van der Waals surface area contributed by atoms with Gasteiger partial charge in [0.1, 0.15) is 5.00 Å². The molecule has 0 spiro atoms. The number of carbonyl (C=O) groups is 3. The molecule has 3 aliphatic rings. The van der Waals surface area contributed by atoms with Crippen LogP contribution in [0.5, 0.6) is 0 Å². The first-order valence-electron chi connectivity index (χ1n) is 13.4. The van der Waals surface area contributed by atoms with Crippen LogP contribution in [0.15, 0.2) is 29.2 Å². The zero-order chi connectivity index (χ0) is 27.7. The molecule has 0 radical (unpaired) electrons. The summed E-state index contributed by atoms with van der Waals surface area (Å²) >= 11 is 1.32. The Morgan fingerprint density at radius 3 is 2.38 bits per heavy atom. The predicted octanol–water partition coefficient (Wildman–Crippen LogP) is 2.94. The molecule has 2 aromatic rings. The number of fused-ring (bicyclic) bond motifs is 1. The van der Waals surface area contributed by atoms with E-state index in [2.05, 4.69) is 5.32 Å². The standard InChI is InChI=1S/C27H34N4O6S2/c1-18-5-3-4-11-31(18)39(35,36)21-8-6-20(7-9-21)25(33)28-26-24(27(34)29-13-15-37-16-14-29)22-10-12-30(19(2)32)17-23(22)38-26/h6-9,18H,3-5,10-17H2,1-2H3,(H,28,33). The highest BCUT2D eigenvalue weighted by molar-refractivity contribution is 7.89. The first-order valence-corrected chi connectivity index (χ1v) is 15.6. The number of nitrogens with one attached hydrogen (secondary N) is 1. The Hall–Kier alpha value is -2.80. The normalized spacial score (nSPS) is 20.4. The molecule has 1 aromatic heterocycles. The zero-order valence-electron chi connectivity index (χ0n) is 22.3. The summed E-state index contributed by atoms with van der Waals surface area (Å²) < 4.78 is 33.3. The van der Waals surface area contributed by atoms with Crippen molar-refractivity contribution in [2.75, 3.05) is 44.7 Å². The van der Waals surface area contributed by atoms with Crippen LogP contribution in [0, 0.1) is 0 Å². The SMILES string of the molecule is CC(=O)N1CCc2c(sc(NC(=O)c3ccc(S(=O)(=O)N4CCCCC4C)cc3)c2C(=O)N2CCOCC2)C1. The second-order valence-electron chi connectivity index (χ2n) is 10.2. The van der Waals surface area contributed by atoms with Crippen molar-refractivity contribution >= 4 is 44.1 Å². The molecule has 1 N–H and O–H groups in total. The quantitative estimate of drug-likeness (QED) is 0.587. The van der Waals surface area contributed by atoms with Crippen LogP contribution in [-0.4, -0.2) is 85.7 Å². The van der Waals surface area contributed by atoms with E-state index in [1.807, 2.05) is 6.92 Å². The maximum absolute atomic E-state index is 13.6. The van der Waals surface area contributed by atoms with E-state index < -0.39 is 15.9 Å². The fourth-order valence-corrected chi connectivity index (χ4v) is 8.38.